The summed E-state index contributed by atoms with van der Waals surface area (Å²) < 4.78 is 21.0. The van der Waals surface area contributed by atoms with Crippen LogP contribution in [0.2, 0.25) is 0 Å². The van der Waals surface area contributed by atoms with Crippen molar-refractivity contribution in [3.8, 4) is 0 Å². The number of hydrogen-bond acceptors (Lipinski definition) is 4. The molecule has 0 amide bonds. The van der Waals surface area contributed by atoms with Crippen LogP contribution in [0.3, 0.4) is 0 Å². The van der Waals surface area contributed by atoms with Crippen LogP contribution in [0.5, 0.6) is 0 Å². The van der Waals surface area contributed by atoms with Crippen LogP contribution in [0, 0.1) is 5.82 Å². The van der Waals surface area contributed by atoms with Crippen molar-refractivity contribution in [3.05, 3.63) is 24.1 Å². The van der Waals surface area contributed by atoms with Crippen molar-refractivity contribution in [2.24, 2.45) is 0 Å². The van der Waals surface area contributed by atoms with E-state index in [1.54, 1.807) is 16.9 Å². The standard InChI is InChI=1S/C12H14BFN2O3/c14-9-5-4-8-7-15-16(10-3-1-2-6-19-10)12(8)11(9)13(17)18/h4-5,7,10,17-18H,1-3,6H2. The van der Waals surface area contributed by atoms with Gasteiger partial charge in [0.2, 0.25) is 0 Å². The Hall–Kier alpha value is -1.44. The Balaban J connectivity index is 2.17. The average Bonchev–Trinajstić information content (AvgIpc) is 2.82. The zero-order valence-corrected chi connectivity index (χ0v) is 10.3. The quantitative estimate of drug-likeness (QED) is 0.777. The zero-order chi connectivity index (χ0) is 13.4. The minimum atomic E-state index is -1.87. The van der Waals surface area contributed by atoms with Crippen molar-refractivity contribution in [1.82, 2.24) is 9.78 Å². The van der Waals surface area contributed by atoms with E-state index in [4.69, 9.17) is 4.74 Å². The summed E-state index contributed by atoms with van der Waals surface area (Å²) in [6.07, 6.45) is 4.11. The summed E-state index contributed by atoms with van der Waals surface area (Å²) in [6.45, 7) is 0.637. The predicted molar refractivity (Wildman–Crippen MR) is 68.4 cm³/mol. The maximum Gasteiger partial charge on any atom is 0.493 e. The van der Waals surface area contributed by atoms with Crippen LogP contribution < -0.4 is 5.46 Å². The van der Waals surface area contributed by atoms with Gasteiger partial charge in [0, 0.05) is 17.5 Å². The Morgan fingerprint density at radius 1 is 1.37 bits per heavy atom. The molecule has 1 atom stereocenters. The van der Waals surface area contributed by atoms with Crippen molar-refractivity contribution in [2.45, 2.75) is 25.5 Å². The topological polar surface area (TPSA) is 67.5 Å². The van der Waals surface area contributed by atoms with Gasteiger partial charge in [-0.05, 0) is 31.4 Å². The van der Waals surface area contributed by atoms with Gasteiger partial charge >= 0.3 is 7.12 Å². The molecule has 0 radical (unpaired) electrons. The first-order chi connectivity index (χ1) is 9.18. The molecule has 1 aliphatic rings. The molecule has 0 aliphatic carbocycles. The molecule has 1 fully saturated rings. The Kier molecular flexibility index (Phi) is 3.26. The van der Waals surface area contributed by atoms with Gasteiger partial charge in [-0.25, -0.2) is 9.07 Å². The van der Waals surface area contributed by atoms with Crippen molar-refractivity contribution >= 4 is 23.5 Å². The molecule has 0 saturated carbocycles. The van der Waals surface area contributed by atoms with E-state index in [9.17, 15) is 14.4 Å². The van der Waals surface area contributed by atoms with E-state index >= 15 is 0 Å². The first kappa shape index (κ1) is 12.6. The van der Waals surface area contributed by atoms with Crippen LogP contribution in [-0.4, -0.2) is 33.6 Å². The SMILES string of the molecule is OB(O)c1c(F)ccc2cnn(C3CCCCO3)c12. The molecule has 5 nitrogen and oxygen atoms in total. The predicted octanol–water partition coefficient (Wildman–Crippen LogP) is 0.554. The van der Waals surface area contributed by atoms with Gasteiger partial charge in [0.05, 0.1) is 11.7 Å². The number of benzene rings is 1. The van der Waals surface area contributed by atoms with Gasteiger partial charge in [0.25, 0.3) is 0 Å². The summed E-state index contributed by atoms with van der Waals surface area (Å²) in [4.78, 5) is 0. The lowest BCUT2D eigenvalue weighted by molar-refractivity contribution is -0.0366. The second kappa shape index (κ2) is 4.92. The van der Waals surface area contributed by atoms with Gasteiger partial charge in [-0.2, -0.15) is 5.10 Å². The summed E-state index contributed by atoms with van der Waals surface area (Å²) >= 11 is 0. The van der Waals surface area contributed by atoms with Gasteiger partial charge in [0.1, 0.15) is 5.82 Å². The Labute approximate surface area is 109 Å². The van der Waals surface area contributed by atoms with E-state index in [-0.39, 0.29) is 11.7 Å². The molecule has 19 heavy (non-hydrogen) atoms. The molecule has 1 aromatic carbocycles. The Bertz CT molecular complexity index is 596. The largest absolute Gasteiger partial charge is 0.493 e. The lowest BCUT2D eigenvalue weighted by Crippen LogP contribution is -2.35. The van der Waals surface area contributed by atoms with Crippen LogP contribution in [-0.2, 0) is 4.74 Å². The Morgan fingerprint density at radius 2 is 2.21 bits per heavy atom. The summed E-state index contributed by atoms with van der Waals surface area (Å²) in [5, 5.41) is 23.6. The summed E-state index contributed by atoms with van der Waals surface area (Å²) in [6, 6.07) is 2.79. The third kappa shape index (κ3) is 2.14. The monoisotopic (exact) mass is 264 g/mol. The molecular weight excluding hydrogens is 250 g/mol. The molecule has 2 aromatic rings. The van der Waals surface area contributed by atoms with Crippen LogP contribution in [0.1, 0.15) is 25.5 Å². The van der Waals surface area contributed by atoms with Crippen LogP contribution in [0.4, 0.5) is 4.39 Å². The molecule has 1 aliphatic heterocycles. The van der Waals surface area contributed by atoms with Gasteiger partial charge in [-0.1, -0.05) is 0 Å². The molecule has 1 saturated heterocycles. The van der Waals surface area contributed by atoms with E-state index in [2.05, 4.69) is 5.10 Å². The molecule has 0 spiro atoms. The summed E-state index contributed by atoms with van der Waals surface area (Å²) in [7, 11) is -1.87. The molecule has 1 aromatic heterocycles. The van der Waals surface area contributed by atoms with Gasteiger partial charge in [-0.15, -0.1) is 0 Å². The smallest absolute Gasteiger partial charge is 0.423 e. The molecule has 2 heterocycles. The number of aromatic nitrogens is 2. The third-order valence-corrected chi connectivity index (χ3v) is 3.43. The summed E-state index contributed by atoms with van der Waals surface area (Å²) in [5.41, 5.74) is 0.242. The number of ether oxygens (including phenoxy) is 1. The van der Waals surface area contributed by atoms with Crippen LogP contribution in [0.15, 0.2) is 18.3 Å². The van der Waals surface area contributed by atoms with E-state index in [1.807, 2.05) is 0 Å². The summed E-state index contributed by atoms with van der Waals surface area (Å²) in [5.74, 6) is -0.653. The zero-order valence-electron chi connectivity index (χ0n) is 10.3. The van der Waals surface area contributed by atoms with Crippen molar-refractivity contribution in [1.29, 1.82) is 0 Å². The van der Waals surface area contributed by atoms with E-state index < -0.39 is 12.9 Å². The second-order valence-corrected chi connectivity index (χ2v) is 4.68. The lowest BCUT2D eigenvalue weighted by atomic mass is 9.78. The molecule has 2 N–H and O–H groups in total. The van der Waals surface area contributed by atoms with Gasteiger partial charge < -0.3 is 14.8 Å². The normalized spacial score (nSPS) is 19.8. The molecule has 100 valence electrons. The maximum absolute atomic E-state index is 13.8. The average molecular weight is 264 g/mol. The number of nitrogens with zero attached hydrogens (tertiary/aromatic N) is 2. The van der Waals surface area contributed by atoms with E-state index in [1.165, 1.54) is 6.07 Å². The van der Waals surface area contributed by atoms with Crippen LogP contribution >= 0.6 is 0 Å². The number of halogens is 1. The van der Waals surface area contributed by atoms with Gasteiger partial charge in [0.15, 0.2) is 6.23 Å². The van der Waals surface area contributed by atoms with Crippen LogP contribution in [0.25, 0.3) is 10.9 Å². The molecule has 1 unspecified atom stereocenters. The highest BCUT2D eigenvalue weighted by Crippen LogP contribution is 2.25. The highest BCUT2D eigenvalue weighted by atomic mass is 19.1. The third-order valence-electron chi connectivity index (χ3n) is 3.43. The first-order valence-corrected chi connectivity index (χ1v) is 6.32. The Morgan fingerprint density at radius 3 is 2.89 bits per heavy atom. The fourth-order valence-electron chi connectivity index (χ4n) is 2.52. The fourth-order valence-corrected chi connectivity index (χ4v) is 2.52. The van der Waals surface area contributed by atoms with Gasteiger partial charge in [-0.3, -0.25) is 0 Å². The van der Waals surface area contributed by atoms with Crippen molar-refractivity contribution in [2.75, 3.05) is 6.61 Å². The van der Waals surface area contributed by atoms with E-state index in [0.717, 1.165) is 19.3 Å². The fraction of sp³-hybridized carbons (Fsp3) is 0.417. The minimum Gasteiger partial charge on any atom is -0.423 e. The maximum atomic E-state index is 13.8. The molecule has 3 rings (SSSR count). The highest BCUT2D eigenvalue weighted by molar-refractivity contribution is 6.61. The number of fused-ring (bicyclic) bond motifs is 1. The molecular formula is C12H14BFN2O3. The molecule has 7 heteroatoms. The number of hydrogen-bond donors (Lipinski definition) is 2. The second-order valence-electron chi connectivity index (χ2n) is 4.68. The molecule has 0 bridgehead atoms. The lowest BCUT2D eigenvalue weighted by Gasteiger charge is -2.24. The van der Waals surface area contributed by atoms with Crippen molar-refractivity contribution in [3.63, 3.8) is 0 Å². The van der Waals surface area contributed by atoms with E-state index in [0.29, 0.717) is 17.5 Å². The first-order valence-electron chi connectivity index (χ1n) is 6.32. The highest BCUT2D eigenvalue weighted by Gasteiger charge is 2.26. The minimum absolute atomic E-state index is 0.149. The number of rotatable bonds is 2. The van der Waals surface area contributed by atoms with Crippen molar-refractivity contribution < 1.29 is 19.2 Å².